The maximum Gasteiger partial charge on any atom is 0.261 e. The molecule has 2 aromatic carbocycles. The van der Waals surface area contributed by atoms with E-state index in [0.29, 0.717) is 17.8 Å². The van der Waals surface area contributed by atoms with Crippen LogP contribution in [-0.2, 0) is 14.8 Å². The van der Waals surface area contributed by atoms with E-state index in [4.69, 9.17) is 0 Å². The van der Waals surface area contributed by atoms with Gasteiger partial charge in [0, 0.05) is 18.3 Å². The molecule has 1 amide bonds. The fourth-order valence-electron chi connectivity index (χ4n) is 1.99. The van der Waals surface area contributed by atoms with Crippen molar-refractivity contribution in [1.82, 2.24) is 10.9 Å². The summed E-state index contributed by atoms with van der Waals surface area (Å²) >= 11 is 0. The quantitative estimate of drug-likeness (QED) is 0.384. The highest BCUT2D eigenvalue weighted by Gasteiger charge is 2.14. The second-order valence-corrected chi connectivity index (χ2v) is 6.98. The van der Waals surface area contributed by atoms with Crippen molar-refractivity contribution in [2.24, 2.45) is 0 Å². The molecule has 6 nitrogen and oxygen atoms in total. The normalized spacial score (nSPS) is 11.4. The highest BCUT2D eigenvalue weighted by atomic mass is 32.2. The first-order valence-corrected chi connectivity index (χ1v) is 9.38. The summed E-state index contributed by atoms with van der Waals surface area (Å²) in [7, 11) is -3.69. The minimum atomic E-state index is -3.69. The molecule has 0 radical (unpaired) electrons. The highest BCUT2D eigenvalue weighted by Crippen LogP contribution is 2.17. The third-order valence-corrected chi connectivity index (χ3v) is 4.59. The van der Waals surface area contributed by atoms with Gasteiger partial charge in [-0.2, -0.15) is 0 Å². The first kappa shape index (κ1) is 18.7. The van der Waals surface area contributed by atoms with Crippen molar-refractivity contribution in [2.45, 2.75) is 18.2 Å². The van der Waals surface area contributed by atoms with Crippen molar-refractivity contribution in [3.8, 4) is 0 Å². The molecule has 25 heavy (non-hydrogen) atoms. The lowest BCUT2D eigenvalue weighted by Gasteiger charge is -2.08. The lowest BCUT2D eigenvalue weighted by atomic mass is 10.2. The molecule has 2 aromatic rings. The highest BCUT2D eigenvalue weighted by molar-refractivity contribution is 7.92. The summed E-state index contributed by atoms with van der Waals surface area (Å²) in [5.41, 5.74) is 6.41. The molecule has 2 rings (SSSR count). The van der Waals surface area contributed by atoms with Gasteiger partial charge < -0.3 is 0 Å². The molecule has 0 bridgehead atoms. The molecule has 0 atom stereocenters. The van der Waals surface area contributed by atoms with Crippen molar-refractivity contribution in [1.29, 1.82) is 0 Å². The van der Waals surface area contributed by atoms with E-state index >= 15 is 0 Å². The predicted octanol–water partition coefficient (Wildman–Crippen LogP) is 2.53. The summed E-state index contributed by atoms with van der Waals surface area (Å²) in [5.74, 6) is -0.302. The number of benzene rings is 2. The number of sulfonamides is 1. The van der Waals surface area contributed by atoms with Crippen LogP contribution in [0.15, 0.2) is 65.6 Å². The van der Waals surface area contributed by atoms with E-state index in [1.807, 2.05) is 13.0 Å². The van der Waals surface area contributed by atoms with Gasteiger partial charge in [0.05, 0.1) is 4.90 Å². The fourth-order valence-corrected chi connectivity index (χ4v) is 3.11. The first-order valence-electron chi connectivity index (χ1n) is 7.90. The van der Waals surface area contributed by atoms with Crippen LogP contribution in [0.3, 0.4) is 0 Å². The minimum absolute atomic E-state index is 0.128. The number of hydrogen-bond donors (Lipinski definition) is 3. The molecule has 7 heteroatoms. The van der Waals surface area contributed by atoms with Gasteiger partial charge in [-0.25, -0.2) is 13.8 Å². The Kier molecular flexibility index (Phi) is 6.73. The van der Waals surface area contributed by atoms with Crippen LogP contribution < -0.4 is 15.6 Å². The second-order valence-electron chi connectivity index (χ2n) is 5.29. The van der Waals surface area contributed by atoms with Crippen molar-refractivity contribution in [2.75, 3.05) is 11.3 Å². The number of anilines is 1. The van der Waals surface area contributed by atoms with Crippen LogP contribution >= 0.6 is 0 Å². The zero-order valence-electron chi connectivity index (χ0n) is 13.9. The van der Waals surface area contributed by atoms with E-state index in [1.165, 1.54) is 18.2 Å². The van der Waals surface area contributed by atoms with E-state index in [2.05, 4.69) is 15.6 Å². The van der Waals surface area contributed by atoms with Crippen LogP contribution in [-0.4, -0.2) is 20.9 Å². The van der Waals surface area contributed by atoms with Crippen LogP contribution in [0.4, 0.5) is 5.69 Å². The Bertz CT molecular complexity index is 834. The lowest BCUT2D eigenvalue weighted by Crippen LogP contribution is -2.36. The Labute approximate surface area is 148 Å². The van der Waals surface area contributed by atoms with Crippen LogP contribution in [0.25, 0.3) is 6.08 Å². The Morgan fingerprint density at radius 3 is 2.56 bits per heavy atom. The Balaban J connectivity index is 2.08. The topological polar surface area (TPSA) is 87.3 Å². The van der Waals surface area contributed by atoms with Gasteiger partial charge in [0.15, 0.2) is 0 Å². The molecule has 0 heterocycles. The number of nitrogens with one attached hydrogen (secondary N) is 3. The maximum atomic E-state index is 12.4. The predicted molar refractivity (Wildman–Crippen MR) is 99.2 cm³/mol. The van der Waals surface area contributed by atoms with E-state index in [1.54, 1.807) is 42.5 Å². The summed E-state index contributed by atoms with van der Waals surface area (Å²) in [5, 5.41) is 0. The fraction of sp³-hybridized carbons (Fsp3) is 0.167. The largest absolute Gasteiger partial charge is 0.288 e. The monoisotopic (exact) mass is 359 g/mol. The number of para-hydroxylation sites is 1. The van der Waals surface area contributed by atoms with Gasteiger partial charge in [0.2, 0.25) is 0 Å². The van der Waals surface area contributed by atoms with Crippen molar-refractivity contribution in [3.63, 3.8) is 0 Å². The molecule has 0 unspecified atom stereocenters. The Hall–Kier alpha value is -2.64. The van der Waals surface area contributed by atoms with Gasteiger partial charge in [0.25, 0.3) is 15.9 Å². The van der Waals surface area contributed by atoms with E-state index in [9.17, 15) is 13.2 Å². The summed E-state index contributed by atoms with van der Waals surface area (Å²) in [6.07, 6.45) is 3.81. The van der Waals surface area contributed by atoms with Gasteiger partial charge in [-0.15, -0.1) is 0 Å². The third kappa shape index (κ3) is 6.06. The summed E-state index contributed by atoms with van der Waals surface area (Å²) in [6, 6.07) is 15.0. The number of carbonyl (C=O) groups is 1. The lowest BCUT2D eigenvalue weighted by molar-refractivity contribution is -0.117. The number of hydrazine groups is 1. The standard InChI is InChI=1S/C18H21N3O3S/c1-2-13-19-20-18(22)12-11-15-7-6-10-17(14-15)25(23,24)21-16-8-4-3-5-9-16/h3-12,14,19,21H,2,13H2,1H3,(H,20,22)/b12-11+. The zero-order valence-corrected chi connectivity index (χ0v) is 14.7. The molecule has 0 fully saturated rings. The maximum absolute atomic E-state index is 12.4. The number of amides is 1. The van der Waals surface area contributed by atoms with Crippen molar-refractivity contribution < 1.29 is 13.2 Å². The van der Waals surface area contributed by atoms with Gasteiger partial charge in [-0.3, -0.25) is 14.9 Å². The van der Waals surface area contributed by atoms with Crippen LogP contribution in [0.2, 0.25) is 0 Å². The SMILES string of the molecule is CCCNNC(=O)/C=C/c1cccc(S(=O)(=O)Nc2ccccc2)c1. The minimum Gasteiger partial charge on any atom is -0.288 e. The number of carbonyl (C=O) groups excluding carboxylic acids is 1. The third-order valence-electron chi connectivity index (χ3n) is 3.21. The van der Waals surface area contributed by atoms with E-state index < -0.39 is 10.0 Å². The molecule has 0 aliphatic carbocycles. The van der Waals surface area contributed by atoms with E-state index in [0.717, 1.165) is 6.42 Å². The van der Waals surface area contributed by atoms with Gasteiger partial charge in [-0.05, 0) is 42.3 Å². The molecule has 0 saturated carbocycles. The summed E-state index contributed by atoms with van der Waals surface area (Å²) in [4.78, 5) is 11.8. The van der Waals surface area contributed by atoms with Gasteiger partial charge in [-0.1, -0.05) is 37.3 Å². The molecule has 3 N–H and O–H groups in total. The van der Waals surface area contributed by atoms with Crippen LogP contribution in [0.5, 0.6) is 0 Å². The van der Waals surface area contributed by atoms with Crippen LogP contribution in [0, 0.1) is 0 Å². The smallest absolute Gasteiger partial charge is 0.261 e. The number of hydrogen-bond acceptors (Lipinski definition) is 4. The zero-order chi connectivity index (χ0) is 18.1. The molecule has 132 valence electrons. The first-order chi connectivity index (χ1) is 12.0. The number of rotatable bonds is 8. The Morgan fingerprint density at radius 1 is 1.08 bits per heavy atom. The van der Waals surface area contributed by atoms with Crippen molar-refractivity contribution >= 4 is 27.7 Å². The molecule has 0 saturated heterocycles. The van der Waals surface area contributed by atoms with Gasteiger partial charge in [0.1, 0.15) is 0 Å². The van der Waals surface area contributed by atoms with Crippen molar-refractivity contribution in [3.05, 3.63) is 66.2 Å². The molecule has 0 spiro atoms. The average Bonchev–Trinajstić information content (AvgIpc) is 2.61. The molecule has 0 aliphatic heterocycles. The molecule has 0 aromatic heterocycles. The molecular weight excluding hydrogens is 338 g/mol. The van der Waals surface area contributed by atoms with Gasteiger partial charge >= 0.3 is 0 Å². The summed E-state index contributed by atoms with van der Waals surface area (Å²) < 4.78 is 27.4. The summed E-state index contributed by atoms with van der Waals surface area (Å²) in [6.45, 7) is 2.67. The average molecular weight is 359 g/mol. The molecular formula is C18H21N3O3S. The second kappa shape index (κ2) is 9.00. The molecule has 0 aliphatic rings. The Morgan fingerprint density at radius 2 is 1.84 bits per heavy atom. The van der Waals surface area contributed by atoms with E-state index in [-0.39, 0.29) is 10.8 Å². The van der Waals surface area contributed by atoms with Crippen LogP contribution in [0.1, 0.15) is 18.9 Å².